The van der Waals surface area contributed by atoms with Crippen molar-refractivity contribution in [3.8, 4) is 0 Å². The van der Waals surface area contributed by atoms with E-state index in [4.69, 9.17) is 0 Å². The first-order chi connectivity index (χ1) is 8.84. The van der Waals surface area contributed by atoms with E-state index in [1.807, 2.05) is 0 Å². The van der Waals surface area contributed by atoms with Crippen molar-refractivity contribution in [3.63, 3.8) is 0 Å². The van der Waals surface area contributed by atoms with E-state index in [2.05, 4.69) is 10.6 Å². The Bertz CT molecular complexity index is 249. The summed E-state index contributed by atoms with van der Waals surface area (Å²) in [5, 5.41) is 6.50. The lowest BCUT2D eigenvalue weighted by molar-refractivity contribution is -0.122. The molecule has 0 radical (unpaired) electrons. The van der Waals surface area contributed by atoms with E-state index in [1.54, 1.807) is 0 Å². The summed E-state index contributed by atoms with van der Waals surface area (Å²) in [6.45, 7) is 2.10. The summed E-state index contributed by atoms with van der Waals surface area (Å²) in [5.41, 5.74) is 0. The Hall–Kier alpha value is -0.280. The van der Waals surface area contributed by atoms with E-state index >= 15 is 0 Å². The first-order valence-corrected chi connectivity index (χ1v) is 7.84. The van der Waals surface area contributed by atoms with Gasteiger partial charge in [-0.25, -0.2) is 0 Å². The van der Waals surface area contributed by atoms with Gasteiger partial charge in [0.25, 0.3) is 0 Å². The Balaban J connectivity index is 0.00000180. The fraction of sp³-hybridized carbons (Fsp3) is 0.933. The molecule has 1 heterocycles. The van der Waals surface area contributed by atoms with Crippen molar-refractivity contribution in [2.24, 2.45) is 5.92 Å². The molecule has 0 aromatic carbocycles. The normalized spacial score (nSPS) is 21.7. The van der Waals surface area contributed by atoms with Crippen LogP contribution in [0.25, 0.3) is 0 Å². The molecule has 2 N–H and O–H groups in total. The molecular weight excluding hydrogens is 260 g/mol. The van der Waals surface area contributed by atoms with Crippen LogP contribution in [0, 0.1) is 5.92 Å². The van der Waals surface area contributed by atoms with Gasteiger partial charge in [-0.3, -0.25) is 4.79 Å². The van der Waals surface area contributed by atoms with Crippen LogP contribution >= 0.6 is 12.4 Å². The average molecular weight is 289 g/mol. The van der Waals surface area contributed by atoms with Crippen LogP contribution in [0.1, 0.15) is 64.2 Å². The Kier molecular flexibility index (Phi) is 8.47. The monoisotopic (exact) mass is 288 g/mol. The van der Waals surface area contributed by atoms with Crippen molar-refractivity contribution >= 4 is 18.3 Å². The van der Waals surface area contributed by atoms with Crippen molar-refractivity contribution in [3.05, 3.63) is 0 Å². The lowest BCUT2D eigenvalue weighted by atomic mass is 9.86. The maximum Gasteiger partial charge on any atom is 0.220 e. The van der Waals surface area contributed by atoms with Gasteiger partial charge in [0.1, 0.15) is 0 Å². The second-order valence-electron chi connectivity index (χ2n) is 5.99. The lowest BCUT2D eigenvalue weighted by Crippen LogP contribution is -2.42. The summed E-state index contributed by atoms with van der Waals surface area (Å²) in [4.78, 5) is 11.8. The molecule has 0 atom stereocenters. The standard InChI is InChI=1S/C15H28N2O.ClH/c18-15(17-14-9-11-16-12-10-14)8-4-7-13-5-2-1-3-6-13;/h13-14,16H,1-12H2,(H,17,18);1H. The number of carbonyl (C=O) groups is 1. The minimum absolute atomic E-state index is 0. The van der Waals surface area contributed by atoms with E-state index in [-0.39, 0.29) is 18.3 Å². The summed E-state index contributed by atoms with van der Waals surface area (Å²) >= 11 is 0. The zero-order valence-corrected chi connectivity index (χ0v) is 12.8. The Morgan fingerprint density at radius 1 is 1.05 bits per heavy atom. The molecule has 0 spiro atoms. The molecule has 1 saturated heterocycles. The second-order valence-corrected chi connectivity index (χ2v) is 5.99. The molecule has 0 bridgehead atoms. The van der Waals surface area contributed by atoms with Crippen LogP contribution in [0.2, 0.25) is 0 Å². The van der Waals surface area contributed by atoms with Gasteiger partial charge in [0, 0.05) is 12.5 Å². The zero-order valence-electron chi connectivity index (χ0n) is 12.0. The third kappa shape index (κ3) is 6.62. The number of hydrogen-bond donors (Lipinski definition) is 2. The van der Waals surface area contributed by atoms with E-state index < -0.39 is 0 Å². The van der Waals surface area contributed by atoms with Crippen LogP contribution in [0.5, 0.6) is 0 Å². The summed E-state index contributed by atoms with van der Waals surface area (Å²) in [5.74, 6) is 1.18. The van der Waals surface area contributed by atoms with Gasteiger partial charge in [-0.15, -0.1) is 12.4 Å². The molecule has 0 aromatic rings. The molecule has 0 unspecified atom stereocenters. The molecule has 112 valence electrons. The molecule has 1 amide bonds. The largest absolute Gasteiger partial charge is 0.353 e. The summed E-state index contributed by atoms with van der Waals surface area (Å²) in [6.07, 6.45) is 12.3. The van der Waals surface area contributed by atoms with Gasteiger partial charge >= 0.3 is 0 Å². The maximum atomic E-state index is 11.8. The number of piperidine rings is 1. The Labute approximate surface area is 123 Å². The number of hydrogen-bond acceptors (Lipinski definition) is 2. The number of rotatable bonds is 5. The van der Waals surface area contributed by atoms with Gasteiger partial charge in [0.05, 0.1) is 0 Å². The number of nitrogens with one attached hydrogen (secondary N) is 2. The summed E-state index contributed by atoms with van der Waals surface area (Å²) < 4.78 is 0. The quantitative estimate of drug-likeness (QED) is 0.816. The Morgan fingerprint density at radius 2 is 1.74 bits per heavy atom. The highest BCUT2D eigenvalue weighted by molar-refractivity contribution is 5.85. The third-order valence-corrected chi connectivity index (χ3v) is 4.45. The fourth-order valence-corrected chi connectivity index (χ4v) is 3.29. The van der Waals surface area contributed by atoms with E-state index in [0.717, 1.165) is 44.7 Å². The van der Waals surface area contributed by atoms with Crippen molar-refractivity contribution < 1.29 is 4.79 Å². The van der Waals surface area contributed by atoms with Crippen molar-refractivity contribution in [2.45, 2.75) is 70.3 Å². The second kappa shape index (κ2) is 9.60. The molecular formula is C15H29ClN2O. The molecule has 2 rings (SSSR count). The predicted molar refractivity (Wildman–Crippen MR) is 81.7 cm³/mol. The predicted octanol–water partition coefficient (Wildman–Crippen LogP) is 3.03. The smallest absolute Gasteiger partial charge is 0.220 e. The molecule has 4 heteroatoms. The highest BCUT2D eigenvalue weighted by atomic mass is 35.5. The van der Waals surface area contributed by atoms with Gasteiger partial charge in [-0.05, 0) is 44.7 Å². The van der Waals surface area contributed by atoms with Gasteiger partial charge in [-0.1, -0.05) is 32.1 Å². The fourth-order valence-electron chi connectivity index (χ4n) is 3.29. The minimum Gasteiger partial charge on any atom is -0.353 e. The SMILES string of the molecule is Cl.O=C(CCCC1CCCCC1)NC1CCNCC1. The van der Waals surface area contributed by atoms with Gasteiger partial charge in [0.2, 0.25) is 5.91 Å². The van der Waals surface area contributed by atoms with Crippen molar-refractivity contribution in [1.29, 1.82) is 0 Å². The highest BCUT2D eigenvalue weighted by Crippen LogP contribution is 2.27. The van der Waals surface area contributed by atoms with Crippen LogP contribution in [-0.2, 0) is 4.79 Å². The van der Waals surface area contributed by atoms with Gasteiger partial charge in [0.15, 0.2) is 0 Å². The molecule has 1 saturated carbocycles. The van der Waals surface area contributed by atoms with Gasteiger partial charge < -0.3 is 10.6 Å². The van der Waals surface area contributed by atoms with Crippen LogP contribution in [0.15, 0.2) is 0 Å². The first kappa shape index (κ1) is 16.8. The van der Waals surface area contributed by atoms with Crippen molar-refractivity contribution in [1.82, 2.24) is 10.6 Å². The molecule has 2 aliphatic rings. The van der Waals surface area contributed by atoms with Crippen molar-refractivity contribution in [2.75, 3.05) is 13.1 Å². The number of halogens is 1. The average Bonchev–Trinajstić information content (AvgIpc) is 2.41. The topological polar surface area (TPSA) is 41.1 Å². The number of amides is 1. The third-order valence-electron chi connectivity index (χ3n) is 4.45. The van der Waals surface area contributed by atoms with Crippen LogP contribution in [-0.4, -0.2) is 25.0 Å². The molecule has 3 nitrogen and oxygen atoms in total. The van der Waals surface area contributed by atoms with E-state index in [9.17, 15) is 4.79 Å². The highest BCUT2D eigenvalue weighted by Gasteiger charge is 2.16. The van der Waals surface area contributed by atoms with E-state index in [0.29, 0.717) is 6.04 Å². The molecule has 1 aliphatic heterocycles. The Morgan fingerprint density at radius 3 is 2.42 bits per heavy atom. The molecule has 19 heavy (non-hydrogen) atoms. The first-order valence-electron chi connectivity index (χ1n) is 7.84. The molecule has 1 aliphatic carbocycles. The molecule has 0 aromatic heterocycles. The van der Waals surface area contributed by atoms with Crippen LogP contribution < -0.4 is 10.6 Å². The van der Waals surface area contributed by atoms with E-state index in [1.165, 1.54) is 38.5 Å². The zero-order chi connectivity index (χ0) is 12.6. The maximum absolute atomic E-state index is 11.8. The molecule has 2 fully saturated rings. The van der Waals surface area contributed by atoms with Crippen LogP contribution in [0.4, 0.5) is 0 Å². The summed E-state index contributed by atoms with van der Waals surface area (Å²) in [6, 6.07) is 0.424. The van der Waals surface area contributed by atoms with Gasteiger partial charge in [-0.2, -0.15) is 0 Å². The lowest BCUT2D eigenvalue weighted by Gasteiger charge is -2.24. The number of carbonyl (C=O) groups excluding carboxylic acids is 1. The van der Waals surface area contributed by atoms with Crippen LogP contribution in [0.3, 0.4) is 0 Å². The minimum atomic E-state index is 0. The summed E-state index contributed by atoms with van der Waals surface area (Å²) in [7, 11) is 0.